The molecular weight excluding hydrogens is 318 g/mol. The summed E-state index contributed by atoms with van der Waals surface area (Å²) in [6.07, 6.45) is 0. The van der Waals surface area contributed by atoms with E-state index < -0.39 is 18.5 Å². The lowest BCUT2D eigenvalue weighted by molar-refractivity contribution is -0.124. The number of para-hydroxylation sites is 1. The van der Waals surface area contributed by atoms with Gasteiger partial charge in [-0.15, -0.1) is 11.3 Å². The molecule has 1 atom stereocenters. The van der Waals surface area contributed by atoms with Gasteiger partial charge in [-0.3, -0.25) is 4.79 Å². The van der Waals surface area contributed by atoms with E-state index in [1.54, 1.807) is 6.07 Å². The first-order chi connectivity index (χ1) is 11.0. The summed E-state index contributed by atoms with van der Waals surface area (Å²) in [7, 11) is 1.38. The standard InChI is InChI=1S/C16H17NO5S/c1-10(13-7-4-8-23-13)17-14(18)9-22-16(20)11-5-3-6-12(21-2)15(11)19/h3-8,10,19H,9H2,1-2H3,(H,17,18). The highest BCUT2D eigenvalue weighted by Crippen LogP contribution is 2.29. The molecular formula is C16H17NO5S. The highest BCUT2D eigenvalue weighted by molar-refractivity contribution is 7.10. The minimum atomic E-state index is -0.791. The molecule has 2 N–H and O–H groups in total. The Morgan fingerprint density at radius 3 is 2.74 bits per heavy atom. The minimum absolute atomic E-state index is 0.0524. The zero-order chi connectivity index (χ0) is 16.8. The predicted molar refractivity (Wildman–Crippen MR) is 85.8 cm³/mol. The molecule has 0 spiro atoms. The summed E-state index contributed by atoms with van der Waals surface area (Å²) in [5.41, 5.74) is -0.0524. The number of amides is 1. The van der Waals surface area contributed by atoms with E-state index in [0.29, 0.717) is 0 Å². The molecule has 7 heteroatoms. The molecule has 1 aromatic carbocycles. The van der Waals surface area contributed by atoms with E-state index in [9.17, 15) is 14.7 Å². The van der Waals surface area contributed by atoms with Crippen LogP contribution in [0.25, 0.3) is 0 Å². The average molecular weight is 335 g/mol. The maximum Gasteiger partial charge on any atom is 0.342 e. The van der Waals surface area contributed by atoms with Gasteiger partial charge in [0, 0.05) is 4.88 Å². The number of esters is 1. The van der Waals surface area contributed by atoms with Crippen molar-refractivity contribution in [3.63, 3.8) is 0 Å². The molecule has 0 aliphatic carbocycles. The van der Waals surface area contributed by atoms with E-state index in [2.05, 4.69) is 5.32 Å². The van der Waals surface area contributed by atoms with Crippen molar-refractivity contribution >= 4 is 23.2 Å². The SMILES string of the molecule is COc1cccc(C(=O)OCC(=O)NC(C)c2cccs2)c1O. The van der Waals surface area contributed by atoms with E-state index in [1.165, 1.54) is 30.6 Å². The summed E-state index contributed by atoms with van der Waals surface area (Å²) >= 11 is 1.53. The van der Waals surface area contributed by atoms with Crippen LogP contribution in [0.3, 0.4) is 0 Å². The van der Waals surface area contributed by atoms with Crippen LogP contribution in [0.15, 0.2) is 35.7 Å². The van der Waals surface area contributed by atoms with Gasteiger partial charge in [0.15, 0.2) is 18.1 Å². The molecule has 0 aliphatic rings. The van der Waals surface area contributed by atoms with E-state index in [0.717, 1.165) is 4.88 Å². The number of carbonyl (C=O) groups is 2. The van der Waals surface area contributed by atoms with Gasteiger partial charge in [-0.25, -0.2) is 4.79 Å². The number of carbonyl (C=O) groups excluding carboxylic acids is 2. The molecule has 1 unspecified atom stereocenters. The van der Waals surface area contributed by atoms with Crippen molar-refractivity contribution in [2.24, 2.45) is 0 Å². The van der Waals surface area contributed by atoms with Crippen molar-refractivity contribution in [3.8, 4) is 11.5 Å². The number of rotatable bonds is 6. The number of hydrogen-bond acceptors (Lipinski definition) is 6. The molecule has 0 fully saturated rings. The number of phenolic OH excluding ortho intramolecular Hbond substituents is 1. The molecule has 0 bridgehead atoms. The van der Waals surface area contributed by atoms with Crippen molar-refractivity contribution in [3.05, 3.63) is 46.2 Å². The number of phenols is 1. The van der Waals surface area contributed by atoms with Crippen molar-refractivity contribution in [2.75, 3.05) is 13.7 Å². The molecule has 23 heavy (non-hydrogen) atoms. The van der Waals surface area contributed by atoms with Crippen LogP contribution < -0.4 is 10.1 Å². The molecule has 0 saturated heterocycles. The monoisotopic (exact) mass is 335 g/mol. The molecule has 1 amide bonds. The van der Waals surface area contributed by atoms with Crippen LogP contribution in [-0.4, -0.2) is 30.7 Å². The van der Waals surface area contributed by atoms with Gasteiger partial charge in [-0.05, 0) is 30.5 Å². The van der Waals surface area contributed by atoms with Crippen molar-refractivity contribution < 1.29 is 24.2 Å². The summed E-state index contributed by atoms with van der Waals surface area (Å²) in [6.45, 7) is 1.42. The van der Waals surface area contributed by atoms with Crippen LogP contribution in [0.1, 0.15) is 28.2 Å². The normalized spacial score (nSPS) is 11.6. The predicted octanol–water partition coefficient (Wildman–Crippen LogP) is 2.50. The Labute approximate surface area is 137 Å². The number of ether oxygens (including phenoxy) is 2. The number of thiophene rings is 1. The number of nitrogens with one attached hydrogen (secondary N) is 1. The van der Waals surface area contributed by atoms with Gasteiger partial charge in [0.05, 0.1) is 13.2 Å². The Balaban J connectivity index is 1.90. The number of benzene rings is 1. The highest BCUT2D eigenvalue weighted by atomic mass is 32.1. The first-order valence-corrected chi connectivity index (χ1v) is 7.76. The molecule has 0 aliphatic heterocycles. The van der Waals surface area contributed by atoms with Crippen LogP contribution in [0, 0.1) is 0 Å². The van der Waals surface area contributed by atoms with Gasteiger partial charge in [-0.2, -0.15) is 0 Å². The summed E-state index contributed by atoms with van der Waals surface area (Å²) in [4.78, 5) is 24.8. The van der Waals surface area contributed by atoms with Crippen LogP contribution in [-0.2, 0) is 9.53 Å². The second-order valence-corrected chi connectivity index (χ2v) is 5.72. The number of aromatic hydroxyl groups is 1. The molecule has 0 radical (unpaired) electrons. The number of hydrogen-bond donors (Lipinski definition) is 2. The summed E-state index contributed by atoms with van der Waals surface area (Å²) < 4.78 is 9.84. The van der Waals surface area contributed by atoms with Crippen molar-refractivity contribution in [1.82, 2.24) is 5.32 Å². The molecule has 2 rings (SSSR count). The fraction of sp³-hybridized carbons (Fsp3) is 0.250. The first kappa shape index (κ1) is 16.8. The Hall–Kier alpha value is -2.54. The fourth-order valence-electron chi connectivity index (χ4n) is 1.95. The van der Waals surface area contributed by atoms with Crippen LogP contribution in [0.5, 0.6) is 11.5 Å². The van der Waals surface area contributed by atoms with E-state index >= 15 is 0 Å². The van der Waals surface area contributed by atoms with Crippen molar-refractivity contribution in [2.45, 2.75) is 13.0 Å². The summed E-state index contributed by atoms with van der Waals surface area (Å²) in [6, 6.07) is 8.11. The Morgan fingerprint density at radius 1 is 1.30 bits per heavy atom. The zero-order valence-electron chi connectivity index (χ0n) is 12.7. The molecule has 2 aromatic rings. The largest absolute Gasteiger partial charge is 0.504 e. The topological polar surface area (TPSA) is 84.9 Å². The maximum atomic E-state index is 11.9. The zero-order valence-corrected chi connectivity index (χ0v) is 13.6. The second kappa shape index (κ2) is 7.64. The third-order valence-electron chi connectivity index (χ3n) is 3.12. The quantitative estimate of drug-likeness (QED) is 0.792. The third kappa shape index (κ3) is 4.23. The smallest absolute Gasteiger partial charge is 0.342 e. The van der Waals surface area contributed by atoms with E-state index in [-0.39, 0.29) is 23.1 Å². The summed E-state index contributed by atoms with van der Waals surface area (Å²) in [5.74, 6) is -1.36. The summed E-state index contributed by atoms with van der Waals surface area (Å²) in [5, 5.41) is 14.5. The number of methoxy groups -OCH3 is 1. The van der Waals surface area contributed by atoms with Crippen LogP contribution >= 0.6 is 11.3 Å². The van der Waals surface area contributed by atoms with Gasteiger partial charge >= 0.3 is 5.97 Å². The molecule has 1 aromatic heterocycles. The molecule has 0 saturated carbocycles. The lowest BCUT2D eigenvalue weighted by Crippen LogP contribution is -2.30. The van der Waals surface area contributed by atoms with Crippen molar-refractivity contribution in [1.29, 1.82) is 0 Å². The van der Waals surface area contributed by atoms with Gasteiger partial charge in [0.1, 0.15) is 5.56 Å². The third-order valence-corrected chi connectivity index (χ3v) is 4.18. The van der Waals surface area contributed by atoms with E-state index in [4.69, 9.17) is 9.47 Å². The Bertz CT molecular complexity index is 684. The Kier molecular flexibility index (Phi) is 5.59. The molecule has 122 valence electrons. The van der Waals surface area contributed by atoms with Gasteiger partial charge < -0.3 is 19.9 Å². The average Bonchev–Trinajstić information content (AvgIpc) is 3.07. The Morgan fingerprint density at radius 2 is 2.09 bits per heavy atom. The highest BCUT2D eigenvalue weighted by Gasteiger charge is 2.18. The second-order valence-electron chi connectivity index (χ2n) is 4.74. The maximum absolute atomic E-state index is 11.9. The van der Waals surface area contributed by atoms with Crippen LogP contribution in [0.4, 0.5) is 0 Å². The van der Waals surface area contributed by atoms with E-state index in [1.807, 2.05) is 24.4 Å². The fourth-order valence-corrected chi connectivity index (χ4v) is 2.69. The van der Waals surface area contributed by atoms with Gasteiger partial charge in [0.25, 0.3) is 5.91 Å². The van der Waals surface area contributed by atoms with Gasteiger partial charge in [-0.1, -0.05) is 12.1 Å². The lowest BCUT2D eigenvalue weighted by atomic mass is 10.2. The minimum Gasteiger partial charge on any atom is -0.504 e. The molecule has 6 nitrogen and oxygen atoms in total. The van der Waals surface area contributed by atoms with Crippen LogP contribution in [0.2, 0.25) is 0 Å². The van der Waals surface area contributed by atoms with Gasteiger partial charge in [0.2, 0.25) is 0 Å². The molecule has 1 heterocycles. The first-order valence-electron chi connectivity index (χ1n) is 6.88. The lowest BCUT2D eigenvalue weighted by Gasteiger charge is -2.13.